The molecule has 1 aliphatic rings. The van der Waals surface area contributed by atoms with E-state index in [0.29, 0.717) is 12.5 Å². The molecule has 1 fully saturated rings. The Balaban J connectivity index is 2.47. The van der Waals surface area contributed by atoms with Gasteiger partial charge in [-0.25, -0.2) is 0 Å². The van der Waals surface area contributed by atoms with Crippen molar-refractivity contribution in [3.63, 3.8) is 0 Å². The van der Waals surface area contributed by atoms with Gasteiger partial charge in [0.1, 0.15) is 5.54 Å². The lowest BCUT2D eigenvalue weighted by atomic mass is 9.84. The molecule has 2 atom stereocenters. The van der Waals surface area contributed by atoms with Crippen molar-refractivity contribution >= 4 is 5.97 Å². The zero-order valence-corrected chi connectivity index (χ0v) is 13.4. The maximum atomic E-state index is 11.7. The number of ether oxygens (including phenoxy) is 1. The van der Waals surface area contributed by atoms with Crippen molar-refractivity contribution < 1.29 is 14.6 Å². The molecule has 1 rings (SSSR count). The molecule has 0 saturated heterocycles. The van der Waals surface area contributed by atoms with Crippen LogP contribution in [0.25, 0.3) is 0 Å². The number of nitrogens with one attached hydrogen (secondary N) is 1. The van der Waals surface area contributed by atoms with Gasteiger partial charge in [0.05, 0.1) is 0 Å². The zero-order valence-electron chi connectivity index (χ0n) is 13.4. The number of rotatable bonds is 9. The standard InChI is InChI=1S/C16H31NO3/c1-12(2)7-10-20-11-8-14-6-5-9-16(14,15(18)19)17-13(3)4/h12-14,17H,5-11H2,1-4H3,(H,18,19). The molecule has 2 unspecified atom stereocenters. The third-order valence-corrected chi connectivity index (χ3v) is 4.20. The van der Waals surface area contributed by atoms with Crippen LogP contribution in [-0.2, 0) is 9.53 Å². The van der Waals surface area contributed by atoms with Crippen LogP contribution in [0.15, 0.2) is 0 Å². The van der Waals surface area contributed by atoms with Gasteiger partial charge in [0, 0.05) is 19.3 Å². The summed E-state index contributed by atoms with van der Waals surface area (Å²) in [6.07, 6.45) is 4.61. The summed E-state index contributed by atoms with van der Waals surface area (Å²) in [5.41, 5.74) is -0.741. The molecule has 0 aliphatic heterocycles. The number of carbonyl (C=O) groups is 1. The van der Waals surface area contributed by atoms with Crippen molar-refractivity contribution in [2.24, 2.45) is 11.8 Å². The van der Waals surface area contributed by atoms with Crippen LogP contribution in [0.4, 0.5) is 0 Å². The molecule has 0 radical (unpaired) electrons. The summed E-state index contributed by atoms with van der Waals surface area (Å²) in [7, 11) is 0. The molecular weight excluding hydrogens is 254 g/mol. The molecule has 1 saturated carbocycles. The first-order valence-electron chi connectivity index (χ1n) is 7.97. The Kier molecular flexibility index (Phi) is 6.96. The van der Waals surface area contributed by atoms with Gasteiger partial charge in [-0.2, -0.15) is 0 Å². The highest BCUT2D eigenvalue weighted by molar-refractivity contribution is 5.79. The van der Waals surface area contributed by atoms with Crippen molar-refractivity contribution in [2.75, 3.05) is 13.2 Å². The molecule has 4 nitrogen and oxygen atoms in total. The third kappa shape index (κ3) is 4.74. The van der Waals surface area contributed by atoms with Gasteiger partial charge < -0.3 is 9.84 Å². The molecule has 20 heavy (non-hydrogen) atoms. The average Bonchev–Trinajstić information content (AvgIpc) is 2.72. The quantitative estimate of drug-likeness (QED) is 0.639. The normalized spacial score (nSPS) is 26.6. The number of hydrogen-bond donors (Lipinski definition) is 2. The predicted octanol–water partition coefficient (Wildman–Crippen LogP) is 3.06. The summed E-state index contributed by atoms with van der Waals surface area (Å²) in [4.78, 5) is 11.7. The molecular formula is C16H31NO3. The van der Waals surface area contributed by atoms with E-state index < -0.39 is 11.5 Å². The Hall–Kier alpha value is -0.610. The highest BCUT2D eigenvalue weighted by Crippen LogP contribution is 2.38. The van der Waals surface area contributed by atoms with Crippen molar-refractivity contribution in [3.05, 3.63) is 0 Å². The molecule has 0 spiro atoms. The molecule has 0 heterocycles. The Morgan fingerprint density at radius 2 is 2.05 bits per heavy atom. The second-order valence-electron chi connectivity index (χ2n) is 6.75. The Morgan fingerprint density at radius 1 is 1.35 bits per heavy atom. The van der Waals surface area contributed by atoms with Crippen LogP contribution in [0, 0.1) is 11.8 Å². The molecule has 1 aliphatic carbocycles. The lowest BCUT2D eigenvalue weighted by Gasteiger charge is -2.34. The number of aliphatic carboxylic acids is 1. The maximum Gasteiger partial charge on any atom is 0.324 e. The van der Waals surface area contributed by atoms with E-state index in [1.165, 1.54) is 0 Å². The van der Waals surface area contributed by atoms with E-state index in [4.69, 9.17) is 4.74 Å². The fourth-order valence-electron chi connectivity index (χ4n) is 3.16. The second-order valence-corrected chi connectivity index (χ2v) is 6.75. The second kappa shape index (κ2) is 7.99. The van der Waals surface area contributed by atoms with Gasteiger partial charge >= 0.3 is 5.97 Å². The summed E-state index contributed by atoms with van der Waals surface area (Å²) in [6.45, 7) is 9.84. The van der Waals surface area contributed by atoms with E-state index in [-0.39, 0.29) is 12.0 Å². The largest absolute Gasteiger partial charge is 0.480 e. The summed E-state index contributed by atoms with van der Waals surface area (Å²) in [5.74, 6) is 0.138. The van der Waals surface area contributed by atoms with E-state index >= 15 is 0 Å². The summed E-state index contributed by atoms with van der Waals surface area (Å²) < 4.78 is 5.66. The third-order valence-electron chi connectivity index (χ3n) is 4.20. The molecule has 0 bridgehead atoms. The topological polar surface area (TPSA) is 58.6 Å². The van der Waals surface area contributed by atoms with E-state index in [1.54, 1.807) is 0 Å². The lowest BCUT2D eigenvalue weighted by Crippen LogP contribution is -2.57. The Bertz CT molecular complexity index is 304. The van der Waals surface area contributed by atoms with E-state index in [9.17, 15) is 9.90 Å². The minimum atomic E-state index is -0.741. The minimum Gasteiger partial charge on any atom is -0.480 e. The first kappa shape index (κ1) is 17.4. The summed E-state index contributed by atoms with van der Waals surface area (Å²) in [5, 5.41) is 13.0. The first-order chi connectivity index (χ1) is 9.38. The minimum absolute atomic E-state index is 0.182. The van der Waals surface area contributed by atoms with Gasteiger partial charge in [-0.15, -0.1) is 0 Å². The summed E-state index contributed by atoms with van der Waals surface area (Å²) >= 11 is 0. The van der Waals surface area contributed by atoms with Gasteiger partial charge in [0.2, 0.25) is 0 Å². The van der Waals surface area contributed by atoms with E-state index in [2.05, 4.69) is 19.2 Å². The molecule has 0 aromatic heterocycles. The van der Waals surface area contributed by atoms with Crippen LogP contribution in [-0.4, -0.2) is 35.9 Å². The van der Waals surface area contributed by atoms with Crippen LogP contribution in [0.3, 0.4) is 0 Å². The molecule has 0 aromatic rings. The smallest absolute Gasteiger partial charge is 0.324 e. The monoisotopic (exact) mass is 285 g/mol. The lowest BCUT2D eigenvalue weighted by molar-refractivity contribution is -0.147. The van der Waals surface area contributed by atoms with Crippen LogP contribution in [0.1, 0.15) is 59.8 Å². The fourth-order valence-corrected chi connectivity index (χ4v) is 3.16. The van der Waals surface area contributed by atoms with Crippen LogP contribution >= 0.6 is 0 Å². The Morgan fingerprint density at radius 3 is 2.60 bits per heavy atom. The maximum absolute atomic E-state index is 11.7. The fraction of sp³-hybridized carbons (Fsp3) is 0.938. The number of carboxylic acid groups (broad SMARTS) is 1. The first-order valence-corrected chi connectivity index (χ1v) is 7.97. The number of carboxylic acids is 1. The van der Waals surface area contributed by atoms with Gasteiger partial charge in [-0.1, -0.05) is 20.3 Å². The van der Waals surface area contributed by atoms with Crippen molar-refractivity contribution in [1.29, 1.82) is 0 Å². The predicted molar refractivity (Wildman–Crippen MR) is 80.9 cm³/mol. The van der Waals surface area contributed by atoms with Crippen molar-refractivity contribution in [1.82, 2.24) is 5.32 Å². The van der Waals surface area contributed by atoms with Crippen molar-refractivity contribution in [2.45, 2.75) is 71.4 Å². The highest BCUT2D eigenvalue weighted by Gasteiger charge is 2.48. The molecule has 2 N–H and O–H groups in total. The summed E-state index contributed by atoms with van der Waals surface area (Å²) in [6, 6.07) is 0.188. The van der Waals surface area contributed by atoms with Gasteiger partial charge in [-0.3, -0.25) is 10.1 Å². The average molecular weight is 285 g/mol. The molecule has 4 heteroatoms. The molecule has 0 amide bonds. The number of hydrogen-bond acceptors (Lipinski definition) is 3. The zero-order chi connectivity index (χ0) is 15.2. The van der Waals surface area contributed by atoms with Crippen LogP contribution < -0.4 is 5.32 Å². The van der Waals surface area contributed by atoms with Crippen LogP contribution in [0.2, 0.25) is 0 Å². The van der Waals surface area contributed by atoms with Gasteiger partial charge in [-0.05, 0) is 51.4 Å². The van der Waals surface area contributed by atoms with Crippen molar-refractivity contribution in [3.8, 4) is 0 Å². The SMILES string of the molecule is CC(C)CCOCCC1CCCC1(NC(C)C)C(=O)O. The van der Waals surface area contributed by atoms with Gasteiger partial charge in [0.15, 0.2) is 0 Å². The molecule has 118 valence electrons. The van der Waals surface area contributed by atoms with E-state index in [0.717, 1.165) is 38.7 Å². The Labute approximate surface area is 123 Å². The molecule has 0 aromatic carbocycles. The van der Waals surface area contributed by atoms with E-state index in [1.807, 2.05) is 13.8 Å². The van der Waals surface area contributed by atoms with Gasteiger partial charge in [0.25, 0.3) is 0 Å². The van der Waals surface area contributed by atoms with Crippen LogP contribution in [0.5, 0.6) is 0 Å². The highest BCUT2D eigenvalue weighted by atomic mass is 16.5.